The van der Waals surface area contributed by atoms with Crippen LogP contribution in [0.5, 0.6) is 5.75 Å². The Kier molecular flexibility index (Phi) is 6.30. The van der Waals surface area contributed by atoms with Crippen molar-refractivity contribution in [1.82, 2.24) is 5.32 Å². The van der Waals surface area contributed by atoms with Gasteiger partial charge in [-0.05, 0) is 42.8 Å². The van der Waals surface area contributed by atoms with Crippen LogP contribution < -0.4 is 14.4 Å². The molecule has 0 aliphatic rings. The molecule has 2 aromatic carbocycles. The van der Waals surface area contributed by atoms with Crippen molar-refractivity contribution in [3.8, 4) is 5.75 Å². The molecular weight excluding hydrogens is 420 g/mol. The second kappa shape index (κ2) is 8.09. The van der Waals surface area contributed by atoms with Crippen LogP contribution in [0.4, 0.5) is 5.69 Å². The summed E-state index contributed by atoms with van der Waals surface area (Å²) in [4.78, 5) is 12.7. The van der Waals surface area contributed by atoms with Gasteiger partial charge >= 0.3 is 0 Å². The van der Waals surface area contributed by atoms with Gasteiger partial charge in [-0.3, -0.25) is 9.10 Å². The van der Waals surface area contributed by atoms with Crippen LogP contribution in [0, 0.1) is 0 Å². The number of amides is 1. The third-order valence-electron chi connectivity index (χ3n) is 4.01. The average Bonchev–Trinajstić information content (AvgIpc) is 2.60. The topological polar surface area (TPSA) is 75.7 Å². The molecule has 1 amide bonds. The van der Waals surface area contributed by atoms with Gasteiger partial charge < -0.3 is 10.1 Å². The minimum Gasteiger partial charge on any atom is -0.496 e. The van der Waals surface area contributed by atoms with Gasteiger partial charge in [-0.15, -0.1) is 0 Å². The summed E-state index contributed by atoms with van der Waals surface area (Å²) in [5, 5.41) is 2.91. The zero-order valence-corrected chi connectivity index (χ0v) is 17.4. The number of carbonyl (C=O) groups excluding carboxylic acids is 1. The summed E-state index contributed by atoms with van der Waals surface area (Å²) in [6.07, 6.45) is 1.10. The molecule has 140 valence electrons. The van der Waals surface area contributed by atoms with Crippen molar-refractivity contribution < 1.29 is 17.9 Å². The first-order valence-electron chi connectivity index (χ1n) is 7.81. The summed E-state index contributed by atoms with van der Waals surface area (Å²) < 4.78 is 30.8. The number of sulfonamides is 1. The number of methoxy groups -OCH3 is 1. The molecule has 6 nitrogen and oxygen atoms in total. The highest BCUT2D eigenvalue weighted by molar-refractivity contribution is 9.10. The highest BCUT2D eigenvalue weighted by Gasteiger charge is 2.19. The number of nitrogens with one attached hydrogen (secondary N) is 1. The van der Waals surface area contributed by atoms with Crippen LogP contribution in [0.3, 0.4) is 0 Å². The van der Waals surface area contributed by atoms with Gasteiger partial charge in [-0.2, -0.15) is 0 Å². The van der Waals surface area contributed by atoms with E-state index in [9.17, 15) is 13.2 Å². The molecule has 1 atom stereocenters. The molecule has 0 aromatic heterocycles. The van der Waals surface area contributed by atoms with Crippen LogP contribution in [0.2, 0.25) is 0 Å². The van der Waals surface area contributed by atoms with E-state index < -0.39 is 10.0 Å². The molecule has 0 spiro atoms. The minimum absolute atomic E-state index is 0.225. The van der Waals surface area contributed by atoms with Crippen molar-refractivity contribution in [2.75, 3.05) is 24.7 Å². The average molecular weight is 441 g/mol. The second-order valence-electron chi connectivity index (χ2n) is 5.86. The fourth-order valence-corrected chi connectivity index (χ4v) is 3.13. The molecule has 0 unspecified atom stereocenters. The van der Waals surface area contributed by atoms with Crippen LogP contribution in [0.25, 0.3) is 0 Å². The quantitative estimate of drug-likeness (QED) is 0.746. The van der Waals surface area contributed by atoms with E-state index in [4.69, 9.17) is 4.74 Å². The molecule has 0 bridgehead atoms. The van der Waals surface area contributed by atoms with Crippen molar-refractivity contribution in [3.63, 3.8) is 0 Å². The van der Waals surface area contributed by atoms with Crippen LogP contribution in [0.15, 0.2) is 46.9 Å². The van der Waals surface area contributed by atoms with Gasteiger partial charge in [0.2, 0.25) is 10.0 Å². The molecule has 1 N–H and O–H groups in total. The van der Waals surface area contributed by atoms with Gasteiger partial charge in [0.25, 0.3) is 5.91 Å². The van der Waals surface area contributed by atoms with E-state index in [0.717, 1.165) is 20.6 Å². The van der Waals surface area contributed by atoms with E-state index in [2.05, 4.69) is 21.2 Å². The van der Waals surface area contributed by atoms with E-state index in [0.29, 0.717) is 11.4 Å². The molecule has 0 heterocycles. The molecule has 0 saturated heterocycles. The Hall–Kier alpha value is -2.06. The predicted molar refractivity (Wildman–Crippen MR) is 106 cm³/mol. The summed E-state index contributed by atoms with van der Waals surface area (Å²) in [5.74, 6) is 0.0252. The number of hydrogen-bond acceptors (Lipinski definition) is 4. The van der Waals surface area contributed by atoms with Crippen molar-refractivity contribution in [2.24, 2.45) is 0 Å². The molecule has 8 heteroatoms. The highest BCUT2D eigenvalue weighted by Crippen LogP contribution is 2.26. The lowest BCUT2D eigenvalue weighted by molar-refractivity contribution is 0.0937. The molecule has 0 aliphatic carbocycles. The number of hydrogen-bond donors (Lipinski definition) is 1. The van der Waals surface area contributed by atoms with Crippen molar-refractivity contribution in [1.29, 1.82) is 0 Å². The molecule has 0 radical (unpaired) electrons. The van der Waals surface area contributed by atoms with Crippen LogP contribution in [-0.2, 0) is 10.0 Å². The van der Waals surface area contributed by atoms with E-state index in [-0.39, 0.29) is 17.5 Å². The summed E-state index contributed by atoms with van der Waals surface area (Å²) in [7, 11) is -0.535. The van der Waals surface area contributed by atoms with Crippen molar-refractivity contribution in [2.45, 2.75) is 13.0 Å². The summed E-state index contributed by atoms with van der Waals surface area (Å²) in [6, 6.07) is 12.1. The van der Waals surface area contributed by atoms with Gasteiger partial charge in [-0.25, -0.2) is 8.42 Å². The Labute approximate surface area is 162 Å². The highest BCUT2D eigenvalue weighted by atomic mass is 79.9. The Morgan fingerprint density at radius 3 is 2.35 bits per heavy atom. The summed E-state index contributed by atoms with van der Waals surface area (Å²) >= 11 is 3.38. The number of anilines is 1. The monoisotopic (exact) mass is 440 g/mol. The third kappa shape index (κ3) is 4.76. The predicted octanol–water partition coefficient (Wildman–Crippen LogP) is 3.34. The third-order valence-corrected chi connectivity index (χ3v) is 5.74. The van der Waals surface area contributed by atoms with E-state index >= 15 is 0 Å². The fourth-order valence-electron chi connectivity index (χ4n) is 2.37. The normalized spacial score (nSPS) is 12.3. The lowest BCUT2D eigenvalue weighted by Gasteiger charge is -2.20. The second-order valence-corrected chi connectivity index (χ2v) is 8.79. The van der Waals surface area contributed by atoms with Gasteiger partial charge in [-0.1, -0.05) is 28.1 Å². The molecule has 2 rings (SSSR count). The molecule has 26 heavy (non-hydrogen) atoms. The first kappa shape index (κ1) is 20.3. The zero-order valence-electron chi connectivity index (χ0n) is 15.0. The number of benzene rings is 2. The van der Waals surface area contributed by atoms with Gasteiger partial charge in [0.1, 0.15) is 5.75 Å². The molecule has 0 aliphatic heterocycles. The molecular formula is C18H21BrN2O4S. The van der Waals surface area contributed by atoms with Crippen LogP contribution in [0.1, 0.15) is 28.9 Å². The van der Waals surface area contributed by atoms with Gasteiger partial charge in [0, 0.05) is 11.5 Å². The Bertz CT molecular complexity index is 898. The van der Waals surface area contributed by atoms with E-state index in [1.165, 1.54) is 20.2 Å². The Balaban J connectivity index is 2.30. The first-order chi connectivity index (χ1) is 12.1. The largest absolute Gasteiger partial charge is 0.496 e. The number of halogens is 1. The Morgan fingerprint density at radius 2 is 1.81 bits per heavy atom. The Morgan fingerprint density at radius 1 is 1.19 bits per heavy atom. The smallest absolute Gasteiger partial charge is 0.255 e. The number of nitrogens with zero attached hydrogens (tertiary/aromatic N) is 1. The fraction of sp³-hybridized carbons (Fsp3) is 0.278. The summed E-state index contributed by atoms with van der Waals surface area (Å²) in [6.45, 7) is 1.88. The van der Waals surface area contributed by atoms with Crippen LogP contribution >= 0.6 is 15.9 Å². The maximum atomic E-state index is 12.7. The molecule has 0 saturated carbocycles. The maximum absolute atomic E-state index is 12.7. The lowest BCUT2D eigenvalue weighted by atomic mass is 10.1. The minimum atomic E-state index is -3.43. The lowest BCUT2D eigenvalue weighted by Crippen LogP contribution is -2.28. The van der Waals surface area contributed by atoms with Crippen molar-refractivity contribution >= 4 is 37.5 Å². The maximum Gasteiger partial charge on any atom is 0.255 e. The SMILES string of the molecule is COc1ccc(N(C)S(C)(=O)=O)cc1C(=O)N[C@H](C)c1ccc(Br)cc1. The number of rotatable bonds is 6. The van der Waals surface area contributed by atoms with Gasteiger partial charge in [0.15, 0.2) is 0 Å². The number of carbonyl (C=O) groups is 1. The molecule has 2 aromatic rings. The van der Waals surface area contributed by atoms with E-state index in [1.807, 2.05) is 31.2 Å². The first-order valence-corrected chi connectivity index (χ1v) is 10.5. The van der Waals surface area contributed by atoms with Crippen molar-refractivity contribution in [3.05, 3.63) is 58.1 Å². The standard InChI is InChI=1S/C18H21BrN2O4S/c1-12(13-5-7-14(19)8-6-13)20-18(22)16-11-15(9-10-17(16)25-3)21(2)26(4,23)24/h5-12H,1-4H3,(H,20,22)/t12-/m1/s1. The summed E-state index contributed by atoms with van der Waals surface area (Å²) in [5.41, 5.74) is 1.60. The number of ether oxygens (including phenoxy) is 1. The van der Waals surface area contributed by atoms with E-state index in [1.54, 1.807) is 12.1 Å². The zero-order chi connectivity index (χ0) is 19.5. The molecule has 0 fully saturated rings. The van der Waals surface area contributed by atoms with Crippen LogP contribution in [-0.4, -0.2) is 34.7 Å². The van der Waals surface area contributed by atoms with Gasteiger partial charge in [0.05, 0.1) is 30.7 Å².